The molecular weight excluding hydrogens is 336 g/mol. The van der Waals surface area contributed by atoms with E-state index in [1.165, 1.54) is 12.4 Å². The fourth-order valence-electron chi connectivity index (χ4n) is 3.10. The van der Waals surface area contributed by atoms with Gasteiger partial charge in [-0.2, -0.15) is 10.5 Å². The number of nitriles is 2. The number of pyridine rings is 2. The molecule has 3 aromatic heterocycles. The fraction of sp³-hybridized carbons (Fsp3) is 0.0476. The molecule has 0 saturated carbocycles. The maximum atomic E-state index is 9.57. The summed E-state index contributed by atoms with van der Waals surface area (Å²) in [6, 6.07) is 12.0. The number of fused-ring (bicyclic) bond motifs is 1. The zero-order chi connectivity index (χ0) is 18.8. The summed E-state index contributed by atoms with van der Waals surface area (Å²) < 4.78 is 0. The van der Waals surface area contributed by atoms with Crippen molar-refractivity contribution >= 4 is 22.3 Å². The Kier molecular flexibility index (Phi) is 4.00. The van der Waals surface area contributed by atoms with Crippen LogP contribution in [0.4, 0.5) is 11.4 Å². The van der Waals surface area contributed by atoms with Crippen LogP contribution in [0.1, 0.15) is 16.7 Å². The molecule has 6 nitrogen and oxygen atoms in total. The second-order valence-electron chi connectivity index (χ2n) is 6.10. The van der Waals surface area contributed by atoms with Crippen molar-refractivity contribution in [1.82, 2.24) is 15.0 Å². The number of anilines is 2. The average Bonchev–Trinajstić information content (AvgIpc) is 3.20. The molecule has 0 aliphatic rings. The van der Waals surface area contributed by atoms with E-state index in [1.54, 1.807) is 18.5 Å². The number of nitrogens with zero attached hydrogens (tertiary/aromatic N) is 4. The van der Waals surface area contributed by atoms with Gasteiger partial charge in [0, 0.05) is 58.7 Å². The Morgan fingerprint density at radius 2 is 1.85 bits per heavy atom. The minimum atomic E-state index is 0.420. The van der Waals surface area contributed by atoms with Crippen molar-refractivity contribution in [3.05, 3.63) is 71.9 Å². The van der Waals surface area contributed by atoms with Gasteiger partial charge in [-0.05, 0) is 36.8 Å². The smallest absolute Gasteiger partial charge is 0.103 e. The van der Waals surface area contributed by atoms with Crippen LogP contribution in [0.2, 0.25) is 0 Å². The van der Waals surface area contributed by atoms with Crippen LogP contribution in [0, 0.1) is 29.6 Å². The Labute approximate surface area is 155 Å². The normalized spacial score (nSPS) is 10.3. The van der Waals surface area contributed by atoms with Crippen LogP contribution in [-0.4, -0.2) is 15.0 Å². The van der Waals surface area contributed by atoms with Gasteiger partial charge in [-0.3, -0.25) is 9.97 Å². The standard InChI is InChI=1S/C21H14N6/c1-13-17-4-5-26-20(17)3-2-19(13)27-21-16(8-23)11-25-12-18(21)15-6-14(7-22)9-24-10-15/h2-6,9-12,26H,1H3,(H,25,27). The van der Waals surface area contributed by atoms with Crippen molar-refractivity contribution in [3.63, 3.8) is 0 Å². The summed E-state index contributed by atoms with van der Waals surface area (Å²) in [5, 5.41) is 23.2. The van der Waals surface area contributed by atoms with Gasteiger partial charge >= 0.3 is 0 Å². The summed E-state index contributed by atoms with van der Waals surface area (Å²) in [5.41, 5.74) is 5.98. The molecule has 27 heavy (non-hydrogen) atoms. The maximum absolute atomic E-state index is 9.57. The maximum Gasteiger partial charge on any atom is 0.103 e. The summed E-state index contributed by atoms with van der Waals surface area (Å²) in [7, 11) is 0. The first kappa shape index (κ1) is 16.3. The van der Waals surface area contributed by atoms with E-state index in [0.29, 0.717) is 22.4 Å². The first-order valence-electron chi connectivity index (χ1n) is 8.28. The number of nitrogens with one attached hydrogen (secondary N) is 2. The number of H-pyrrole nitrogens is 1. The Morgan fingerprint density at radius 1 is 1.00 bits per heavy atom. The van der Waals surface area contributed by atoms with Crippen LogP contribution in [0.25, 0.3) is 22.0 Å². The number of aromatic nitrogens is 3. The first-order valence-corrected chi connectivity index (χ1v) is 8.28. The molecule has 0 bridgehead atoms. The molecule has 0 radical (unpaired) electrons. The lowest BCUT2D eigenvalue weighted by Crippen LogP contribution is -2.00. The lowest BCUT2D eigenvalue weighted by molar-refractivity contribution is 1.27. The second-order valence-corrected chi connectivity index (χ2v) is 6.10. The molecule has 2 N–H and O–H groups in total. The molecule has 0 aliphatic carbocycles. The summed E-state index contributed by atoms with van der Waals surface area (Å²) in [5.74, 6) is 0. The van der Waals surface area contributed by atoms with Gasteiger partial charge < -0.3 is 10.3 Å². The van der Waals surface area contributed by atoms with Crippen molar-refractivity contribution in [3.8, 4) is 23.3 Å². The molecule has 4 rings (SSSR count). The van der Waals surface area contributed by atoms with E-state index in [0.717, 1.165) is 27.7 Å². The minimum absolute atomic E-state index is 0.420. The molecule has 128 valence electrons. The van der Waals surface area contributed by atoms with Crippen molar-refractivity contribution in [2.24, 2.45) is 0 Å². The van der Waals surface area contributed by atoms with Crippen molar-refractivity contribution in [2.75, 3.05) is 5.32 Å². The highest BCUT2D eigenvalue weighted by atomic mass is 14.9. The SMILES string of the molecule is Cc1c(Nc2c(C#N)cncc2-c2cncc(C#N)c2)ccc2[nH]ccc12. The van der Waals surface area contributed by atoms with Gasteiger partial charge in [0.1, 0.15) is 12.1 Å². The molecular formula is C21H14N6. The summed E-state index contributed by atoms with van der Waals surface area (Å²) in [6.45, 7) is 2.03. The lowest BCUT2D eigenvalue weighted by atomic mass is 10.0. The Morgan fingerprint density at radius 3 is 2.67 bits per heavy atom. The zero-order valence-electron chi connectivity index (χ0n) is 14.5. The highest BCUT2D eigenvalue weighted by Gasteiger charge is 2.14. The van der Waals surface area contributed by atoms with Gasteiger partial charge in [0.25, 0.3) is 0 Å². The van der Waals surface area contributed by atoms with Crippen LogP contribution in [-0.2, 0) is 0 Å². The van der Waals surface area contributed by atoms with Crippen LogP contribution >= 0.6 is 0 Å². The van der Waals surface area contributed by atoms with E-state index in [9.17, 15) is 5.26 Å². The van der Waals surface area contributed by atoms with Crippen LogP contribution in [0.3, 0.4) is 0 Å². The fourth-order valence-corrected chi connectivity index (χ4v) is 3.10. The van der Waals surface area contributed by atoms with Crippen LogP contribution < -0.4 is 5.32 Å². The molecule has 0 aliphatic heterocycles. The predicted molar refractivity (Wildman–Crippen MR) is 103 cm³/mol. The molecule has 0 amide bonds. The summed E-state index contributed by atoms with van der Waals surface area (Å²) >= 11 is 0. The Bertz CT molecular complexity index is 1240. The van der Waals surface area contributed by atoms with E-state index in [1.807, 2.05) is 31.3 Å². The molecule has 3 heterocycles. The van der Waals surface area contributed by atoms with Crippen molar-refractivity contribution < 1.29 is 0 Å². The lowest BCUT2D eigenvalue weighted by Gasteiger charge is -2.15. The van der Waals surface area contributed by atoms with Gasteiger partial charge in [0.15, 0.2) is 0 Å². The molecule has 4 aromatic rings. The van der Waals surface area contributed by atoms with Gasteiger partial charge in [0.05, 0.1) is 16.8 Å². The van der Waals surface area contributed by atoms with E-state index >= 15 is 0 Å². The highest BCUT2D eigenvalue weighted by Crippen LogP contribution is 2.34. The molecule has 6 heteroatoms. The van der Waals surface area contributed by atoms with Gasteiger partial charge in [0.2, 0.25) is 0 Å². The van der Waals surface area contributed by atoms with Crippen molar-refractivity contribution in [1.29, 1.82) is 10.5 Å². The second kappa shape index (κ2) is 6.62. The zero-order valence-corrected chi connectivity index (χ0v) is 14.5. The van der Waals surface area contributed by atoms with Crippen LogP contribution in [0.5, 0.6) is 0 Å². The largest absolute Gasteiger partial charge is 0.361 e. The van der Waals surface area contributed by atoms with Crippen LogP contribution in [0.15, 0.2) is 55.2 Å². The summed E-state index contributed by atoms with van der Waals surface area (Å²) in [6.07, 6.45) is 8.26. The molecule has 0 spiro atoms. The van der Waals surface area contributed by atoms with E-state index in [2.05, 4.69) is 32.4 Å². The number of hydrogen-bond acceptors (Lipinski definition) is 5. The minimum Gasteiger partial charge on any atom is -0.361 e. The Balaban J connectivity index is 1.87. The van der Waals surface area contributed by atoms with Gasteiger partial charge in [-0.25, -0.2) is 0 Å². The molecule has 0 fully saturated rings. The number of aryl methyl sites for hydroxylation is 1. The number of hydrogen-bond donors (Lipinski definition) is 2. The average molecular weight is 350 g/mol. The van der Waals surface area contributed by atoms with Crippen molar-refractivity contribution in [2.45, 2.75) is 6.92 Å². The molecule has 1 aromatic carbocycles. The third-order valence-corrected chi connectivity index (χ3v) is 4.51. The van der Waals surface area contributed by atoms with E-state index < -0.39 is 0 Å². The number of aromatic amines is 1. The van der Waals surface area contributed by atoms with E-state index in [4.69, 9.17) is 5.26 Å². The monoisotopic (exact) mass is 350 g/mol. The molecule has 0 atom stereocenters. The quantitative estimate of drug-likeness (QED) is 0.569. The summed E-state index contributed by atoms with van der Waals surface area (Å²) in [4.78, 5) is 11.5. The van der Waals surface area contributed by atoms with Gasteiger partial charge in [-0.1, -0.05) is 0 Å². The third-order valence-electron chi connectivity index (χ3n) is 4.51. The Hall–Kier alpha value is -4.16. The first-order chi connectivity index (χ1) is 13.2. The number of rotatable bonds is 3. The van der Waals surface area contributed by atoms with Gasteiger partial charge in [-0.15, -0.1) is 0 Å². The molecule has 0 saturated heterocycles. The van der Waals surface area contributed by atoms with E-state index in [-0.39, 0.29) is 0 Å². The topological polar surface area (TPSA) is 101 Å². The molecule has 0 unspecified atom stereocenters. The third kappa shape index (κ3) is 2.86. The predicted octanol–water partition coefficient (Wildman–Crippen LogP) is 4.42. The number of benzene rings is 1. The highest BCUT2D eigenvalue weighted by molar-refractivity contribution is 5.91.